The molecule has 0 bridgehead atoms. The van der Waals surface area contributed by atoms with Crippen LogP contribution in [0.2, 0.25) is 0 Å². The van der Waals surface area contributed by atoms with E-state index in [2.05, 4.69) is 11.1 Å². The van der Waals surface area contributed by atoms with Gasteiger partial charge in [-0.1, -0.05) is 12.1 Å². The second kappa shape index (κ2) is 7.83. The van der Waals surface area contributed by atoms with Crippen LogP contribution in [0.25, 0.3) is 10.9 Å². The molecule has 1 aliphatic rings. The number of carbonyl (C=O) groups is 2. The number of benzene rings is 1. The fourth-order valence-electron chi connectivity index (χ4n) is 3.36. The zero-order valence-corrected chi connectivity index (χ0v) is 15.7. The lowest BCUT2D eigenvalue weighted by molar-refractivity contribution is -0.135. The third-order valence-corrected chi connectivity index (χ3v) is 4.84. The van der Waals surface area contributed by atoms with Crippen LogP contribution in [0.3, 0.4) is 0 Å². The number of rotatable bonds is 6. The van der Waals surface area contributed by atoms with Crippen LogP contribution in [-0.2, 0) is 16.1 Å². The van der Waals surface area contributed by atoms with Crippen LogP contribution in [0, 0.1) is 5.92 Å². The van der Waals surface area contributed by atoms with Crippen LogP contribution < -0.4 is 0 Å². The van der Waals surface area contributed by atoms with E-state index < -0.39 is 0 Å². The van der Waals surface area contributed by atoms with Gasteiger partial charge in [0.15, 0.2) is 0 Å². The van der Waals surface area contributed by atoms with Gasteiger partial charge in [0.05, 0.1) is 11.4 Å². The lowest BCUT2D eigenvalue weighted by atomic mass is 10.1. The second-order valence-corrected chi connectivity index (χ2v) is 7.27. The monoisotopic (exact) mass is 354 g/mol. The lowest BCUT2D eigenvalue weighted by Crippen LogP contribution is -2.36. The van der Waals surface area contributed by atoms with Crippen molar-refractivity contribution in [3.63, 3.8) is 0 Å². The standard InChI is InChI=1S/C20H26N4O2/c1-22(2)9-10-24-14-17(12-19(24)25)20(26)23(3)13-15-6-7-18-16(11-15)5-4-8-21-18/h4-8,11,17H,9-10,12-14H2,1-3H3/t17-/m0/s1. The molecule has 0 unspecified atom stereocenters. The van der Waals surface area contributed by atoms with Gasteiger partial charge in [-0.15, -0.1) is 0 Å². The molecular weight excluding hydrogens is 328 g/mol. The Morgan fingerprint density at radius 1 is 1.27 bits per heavy atom. The minimum Gasteiger partial charge on any atom is -0.341 e. The van der Waals surface area contributed by atoms with Crippen LogP contribution in [0.1, 0.15) is 12.0 Å². The third kappa shape index (κ3) is 4.19. The van der Waals surface area contributed by atoms with Crippen molar-refractivity contribution in [2.45, 2.75) is 13.0 Å². The van der Waals surface area contributed by atoms with Crippen molar-refractivity contribution in [1.82, 2.24) is 19.7 Å². The summed E-state index contributed by atoms with van der Waals surface area (Å²) in [5.41, 5.74) is 2.01. The first-order valence-electron chi connectivity index (χ1n) is 8.95. The lowest BCUT2D eigenvalue weighted by Gasteiger charge is -2.22. The van der Waals surface area contributed by atoms with E-state index in [1.165, 1.54) is 0 Å². The topological polar surface area (TPSA) is 56.8 Å². The van der Waals surface area contributed by atoms with Gasteiger partial charge in [0.1, 0.15) is 0 Å². The van der Waals surface area contributed by atoms with Gasteiger partial charge in [-0.05, 0) is 37.9 Å². The molecule has 2 heterocycles. The fraction of sp³-hybridized carbons (Fsp3) is 0.450. The van der Waals surface area contributed by atoms with E-state index in [-0.39, 0.29) is 17.7 Å². The third-order valence-electron chi connectivity index (χ3n) is 4.84. The quantitative estimate of drug-likeness (QED) is 0.791. The Morgan fingerprint density at radius 2 is 2.08 bits per heavy atom. The summed E-state index contributed by atoms with van der Waals surface area (Å²) < 4.78 is 0. The molecule has 6 nitrogen and oxygen atoms in total. The average Bonchev–Trinajstić information content (AvgIpc) is 3.00. The highest BCUT2D eigenvalue weighted by atomic mass is 16.2. The normalized spacial score (nSPS) is 17.3. The maximum atomic E-state index is 12.8. The van der Waals surface area contributed by atoms with Crippen molar-refractivity contribution in [1.29, 1.82) is 0 Å². The molecule has 1 atom stereocenters. The molecule has 0 N–H and O–H groups in total. The van der Waals surface area contributed by atoms with E-state index >= 15 is 0 Å². The number of pyridine rings is 1. The summed E-state index contributed by atoms with van der Waals surface area (Å²) in [7, 11) is 5.77. The molecule has 6 heteroatoms. The Labute approximate surface area is 154 Å². The van der Waals surface area contributed by atoms with Gasteiger partial charge in [-0.3, -0.25) is 14.6 Å². The Balaban J connectivity index is 1.61. The predicted molar refractivity (Wildman–Crippen MR) is 101 cm³/mol. The minimum absolute atomic E-state index is 0.0389. The van der Waals surface area contributed by atoms with E-state index in [0.29, 0.717) is 26.1 Å². The Bertz CT molecular complexity index is 805. The van der Waals surface area contributed by atoms with Crippen LogP contribution >= 0.6 is 0 Å². The van der Waals surface area contributed by atoms with E-state index in [4.69, 9.17) is 0 Å². The molecule has 0 saturated carbocycles. The second-order valence-electron chi connectivity index (χ2n) is 7.27. The molecule has 0 radical (unpaired) electrons. The fourth-order valence-corrected chi connectivity index (χ4v) is 3.36. The van der Waals surface area contributed by atoms with E-state index in [1.54, 1.807) is 16.0 Å². The van der Waals surface area contributed by atoms with E-state index in [0.717, 1.165) is 23.0 Å². The summed E-state index contributed by atoms with van der Waals surface area (Å²) in [5.74, 6) is -0.121. The predicted octanol–water partition coefficient (Wildman–Crippen LogP) is 1.60. The van der Waals surface area contributed by atoms with Crippen LogP contribution in [0.15, 0.2) is 36.5 Å². The van der Waals surface area contributed by atoms with Gasteiger partial charge in [0, 0.05) is 51.2 Å². The van der Waals surface area contributed by atoms with Crippen LogP contribution in [0.5, 0.6) is 0 Å². The summed E-state index contributed by atoms with van der Waals surface area (Å²) in [4.78, 5) is 34.8. The SMILES string of the molecule is CN(C)CCN1C[C@@H](C(=O)N(C)Cc2ccc3ncccc3c2)CC1=O. The van der Waals surface area contributed by atoms with Gasteiger partial charge in [0.2, 0.25) is 11.8 Å². The first kappa shape index (κ1) is 18.3. The molecule has 1 aromatic carbocycles. The van der Waals surface area contributed by atoms with Gasteiger partial charge in [-0.25, -0.2) is 0 Å². The van der Waals surface area contributed by atoms with Crippen molar-refractivity contribution in [2.24, 2.45) is 5.92 Å². The Hall–Kier alpha value is -2.47. The number of hydrogen-bond acceptors (Lipinski definition) is 4. The van der Waals surface area contributed by atoms with Crippen LogP contribution in [-0.4, -0.2) is 72.3 Å². The highest BCUT2D eigenvalue weighted by molar-refractivity contribution is 5.89. The molecular formula is C20H26N4O2. The smallest absolute Gasteiger partial charge is 0.228 e. The van der Waals surface area contributed by atoms with Gasteiger partial charge in [-0.2, -0.15) is 0 Å². The molecule has 26 heavy (non-hydrogen) atoms. The highest BCUT2D eigenvalue weighted by Gasteiger charge is 2.35. The number of fused-ring (bicyclic) bond motifs is 1. The number of carbonyl (C=O) groups excluding carboxylic acids is 2. The molecule has 0 spiro atoms. The van der Waals surface area contributed by atoms with Crippen molar-refractivity contribution < 1.29 is 9.59 Å². The number of amides is 2. The Kier molecular flexibility index (Phi) is 5.52. The number of nitrogens with zero attached hydrogens (tertiary/aromatic N) is 4. The van der Waals surface area contributed by atoms with Gasteiger partial charge < -0.3 is 14.7 Å². The molecule has 1 saturated heterocycles. The average molecular weight is 354 g/mol. The molecule has 1 aliphatic heterocycles. The summed E-state index contributed by atoms with van der Waals surface area (Å²) in [6.45, 7) is 2.55. The zero-order chi connectivity index (χ0) is 18.7. The molecule has 138 valence electrons. The van der Waals surface area contributed by atoms with E-state index in [1.807, 2.05) is 50.3 Å². The number of hydrogen-bond donors (Lipinski definition) is 0. The molecule has 3 rings (SSSR count). The zero-order valence-electron chi connectivity index (χ0n) is 15.7. The molecule has 2 amide bonds. The van der Waals surface area contributed by atoms with Crippen molar-refractivity contribution in [3.8, 4) is 0 Å². The maximum absolute atomic E-state index is 12.8. The molecule has 2 aromatic rings. The minimum atomic E-state index is -0.239. The first-order valence-corrected chi connectivity index (χ1v) is 8.95. The van der Waals surface area contributed by atoms with Crippen LogP contribution in [0.4, 0.5) is 0 Å². The summed E-state index contributed by atoms with van der Waals surface area (Å²) in [5, 5.41) is 1.07. The summed E-state index contributed by atoms with van der Waals surface area (Å²) >= 11 is 0. The maximum Gasteiger partial charge on any atom is 0.228 e. The first-order chi connectivity index (χ1) is 12.4. The summed E-state index contributed by atoms with van der Waals surface area (Å²) in [6.07, 6.45) is 2.09. The van der Waals surface area contributed by atoms with Crippen molar-refractivity contribution in [2.75, 3.05) is 40.8 Å². The number of aromatic nitrogens is 1. The Morgan fingerprint density at radius 3 is 2.85 bits per heavy atom. The molecule has 1 fully saturated rings. The van der Waals surface area contributed by atoms with E-state index in [9.17, 15) is 9.59 Å². The molecule has 1 aromatic heterocycles. The van der Waals surface area contributed by atoms with Crippen molar-refractivity contribution in [3.05, 3.63) is 42.1 Å². The largest absolute Gasteiger partial charge is 0.341 e. The number of likely N-dealkylation sites (N-methyl/N-ethyl adjacent to an activating group) is 1. The number of likely N-dealkylation sites (tertiary alicyclic amines) is 1. The van der Waals surface area contributed by atoms with Gasteiger partial charge in [0.25, 0.3) is 0 Å². The highest BCUT2D eigenvalue weighted by Crippen LogP contribution is 2.21. The molecule has 0 aliphatic carbocycles. The van der Waals surface area contributed by atoms with Gasteiger partial charge >= 0.3 is 0 Å². The summed E-state index contributed by atoms with van der Waals surface area (Å²) in [6, 6.07) is 9.97. The van der Waals surface area contributed by atoms with Crippen molar-refractivity contribution >= 4 is 22.7 Å².